The molecule has 0 saturated heterocycles. The Kier molecular flexibility index (Phi) is 4.80. The highest BCUT2D eigenvalue weighted by Gasteiger charge is 2.18. The summed E-state index contributed by atoms with van der Waals surface area (Å²) in [6.07, 6.45) is 6.39. The molecule has 1 saturated carbocycles. The van der Waals surface area contributed by atoms with E-state index in [1.54, 1.807) is 24.3 Å². The van der Waals surface area contributed by atoms with E-state index in [2.05, 4.69) is 11.9 Å². The first kappa shape index (κ1) is 13.9. The van der Waals surface area contributed by atoms with Crippen LogP contribution < -0.4 is 4.74 Å². The Labute approximate surface area is 114 Å². The fourth-order valence-electron chi connectivity index (χ4n) is 2.52. The van der Waals surface area contributed by atoms with Gasteiger partial charge in [-0.25, -0.2) is 4.79 Å². The Bertz CT molecular complexity index is 427. The van der Waals surface area contributed by atoms with Gasteiger partial charge < -0.3 is 9.84 Å². The van der Waals surface area contributed by atoms with Crippen LogP contribution in [0.4, 0.5) is 0 Å². The van der Waals surface area contributed by atoms with E-state index < -0.39 is 5.97 Å². The minimum atomic E-state index is -0.925. The number of carbonyl (C=O) groups is 1. The minimum absolute atomic E-state index is 0.262. The van der Waals surface area contributed by atoms with Gasteiger partial charge in [0.05, 0.1) is 5.56 Å². The third-order valence-electron chi connectivity index (χ3n) is 3.71. The van der Waals surface area contributed by atoms with E-state index in [1.807, 2.05) is 0 Å². The molecule has 0 radical (unpaired) electrons. The van der Waals surface area contributed by atoms with Crippen molar-refractivity contribution in [2.24, 2.45) is 0 Å². The van der Waals surface area contributed by atoms with Crippen molar-refractivity contribution in [2.75, 3.05) is 13.8 Å². The lowest BCUT2D eigenvalue weighted by molar-refractivity contribution is 0.0694. The van der Waals surface area contributed by atoms with Crippen molar-refractivity contribution < 1.29 is 14.6 Å². The van der Waals surface area contributed by atoms with Gasteiger partial charge in [-0.15, -0.1) is 0 Å². The molecule has 0 aliphatic heterocycles. The Balaban J connectivity index is 1.87. The monoisotopic (exact) mass is 263 g/mol. The highest BCUT2D eigenvalue weighted by molar-refractivity contribution is 5.87. The molecule has 0 heterocycles. The first-order chi connectivity index (χ1) is 9.16. The van der Waals surface area contributed by atoms with E-state index in [-0.39, 0.29) is 5.56 Å². The number of aromatic carboxylic acids is 1. The molecule has 0 aromatic heterocycles. The van der Waals surface area contributed by atoms with Gasteiger partial charge in [-0.2, -0.15) is 0 Å². The van der Waals surface area contributed by atoms with Crippen LogP contribution in [0.15, 0.2) is 24.3 Å². The number of hydrogen-bond donors (Lipinski definition) is 1. The van der Waals surface area contributed by atoms with E-state index in [4.69, 9.17) is 9.84 Å². The van der Waals surface area contributed by atoms with Crippen LogP contribution in [0.5, 0.6) is 5.75 Å². The van der Waals surface area contributed by atoms with Gasteiger partial charge in [-0.1, -0.05) is 25.3 Å². The molecule has 19 heavy (non-hydrogen) atoms. The topological polar surface area (TPSA) is 49.8 Å². The Morgan fingerprint density at radius 2 is 2.11 bits per heavy atom. The smallest absolute Gasteiger partial charge is 0.335 e. The standard InChI is InChI=1S/C15H21NO3/c1-16(13-7-3-2-4-8-13)11-19-14-9-5-6-12(10-14)15(17)18/h5-6,9-10,13H,2-4,7-8,11H2,1H3,(H,17,18). The van der Waals surface area contributed by atoms with Gasteiger partial charge in [-0.05, 0) is 38.1 Å². The lowest BCUT2D eigenvalue weighted by atomic mass is 9.95. The third kappa shape index (κ3) is 3.96. The lowest BCUT2D eigenvalue weighted by Gasteiger charge is -2.30. The molecular formula is C15H21NO3. The van der Waals surface area contributed by atoms with Crippen LogP contribution in [0.1, 0.15) is 42.5 Å². The van der Waals surface area contributed by atoms with Crippen molar-refractivity contribution in [2.45, 2.75) is 38.1 Å². The maximum absolute atomic E-state index is 10.9. The fraction of sp³-hybridized carbons (Fsp3) is 0.533. The number of hydrogen-bond acceptors (Lipinski definition) is 3. The van der Waals surface area contributed by atoms with Crippen molar-refractivity contribution >= 4 is 5.97 Å². The molecule has 0 bridgehead atoms. The van der Waals surface area contributed by atoms with E-state index >= 15 is 0 Å². The number of nitrogens with zero attached hydrogens (tertiary/aromatic N) is 1. The zero-order valence-electron chi connectivity index (χ0n) is 11.3. The number of ether oxygens (including phenoxy) is 1. The normalized spacial score (nSPS) is 16.5. The van der Waals surface area contributed by atoms with Crippen LogP contribution in [-0.4, -0.2) is 35.8 Å². The van der Waals surface area contributed by atoms with Crippen molar-refractivity contribution in [3.05, 3.63) is 29.8 Å². The lowest BCUT2D eigenvalue weighted by Crippen LogP contribution is -2.36. The number of carboxylic acids is 1. The van der Waals surface area contributed by atoms with Crippen molar-refractivity contribution in [3.63, 3.8) is 0 Å². The second kappa shape index (κ2) is 6.57. The third-order valence-corrected chi connectivity index (χ3v) is 3.71. The molecule has 4 nitrogen and oxygen atoms in total. The molecule has 1 aliphatic rings. The van der Waals surface area contributed by atoms with E-state index in [0.29, 0.717) is 18.5 Å². The first-order valence-electron chi connectivity index (χ1n) is 6.83. The summed E-state index contributed by atoms with van der Waals surface area (Å²) >= 11 is 0. The van der Waals surface area contributed by atoms with Crippen LogP contribution in [-0.2, 0) is 0 Å². The van der Waals surface area contributed by atoms with Crippen LogP contribution >= 0.6 is 0 Å². The summed E-state index contributed by atoms with van der Waals surface area (Å²) in [6, 6.07) is 7.23. The fourth-order valence-corrected chi connectivity index (χ4v) is 2.52. The molecular weight excluding hydrogens is 242 g/mol. The second-order valence-electron chi connectivity index (χ2n) is 5.16. The van der Waals surface area contributed by atoms with Crippen molar-refractivity contribution in [3.8, 4) is 5.75 Å². The van der Waals surface area contributed by atoms with Crippen LogP contribution in [0, 0.1) is 0 Å². The van der Waals surface area contributed by atoms with Crippen LogP contribution in [0.25, 0.3) is 0 Å². The predicted octanol–water partition coefficient (Wildman–Crippen LogP) is 2.99. The molecule has 1 fully saturated rings. The van der Waals surface area contributed by atoms with E-state index in [9.17, 15) is 4.79 Å². The van der Waals surface area contributed by atoms with Crippen LogP contribution in [0.2, 0.25) is 0 Å². The maximum Gasteiger partial charge on any atom is 0.335 e. The molecule has 1 aliphatic carbocycles. The summed E-state index contributed by atoms with van der Waals surface area (Å²) in [5.41, 5.74) is 0.262. The molecule has 104 valence electrons. The SMILES string of the molecule is CN(COc1cccc(C(=O)O)c1)C1CCCCC1. The second-order valence-corrected chi connectivity index (χ2v) is 5.16. The Hall–Kier alpha value is -1.55. The molecule has 0 spiro atoms. The van der Waals surface area contributed by atoms with E-state index in [1.165, 1.54) is 32.1 Å². The van der Waals surface area contributed by atoms with E-state index in [0.717, 1.165) is 0 Å². The molecule has 1 N–H and O–H groups in total. The number of benzene rings is 1. The molecule has 0 atom stereocenters. The zero-order valence-corrected chi connectivity index (χ0v) is 11.3. The summed E-state index contributed by atoms with van der Waals surface area (Å²) in [5, 5.41) is 8.92. The minimum Gasteiger partial charge on any atom is -0.478 e. The highest BCUT2D eigenvalue weighted by atomic mass is 16.5. The van der Waals surface area contributed by atoms with Gasteiger partial charge in [0.15, 0.2) is 0 Å². The molecule has 4 heteroatoms. The van der Waals surface area contributed by atoms with Gasteiger partial charge in [0.2, 0.25) is 0 Å². The maximum atomic E-state index is 10.9. The average molecular weight is 263 g/mol. The van der Waals surface area contributed by atoms with Gasteiger partial charge in [0.1, 0.15) is 12.5 Å². The summed E-state index contributed by atoms with van der Waals surface area (Å²) in [7, 11) is 2.07. The molecule has 1 aromatic carbocycles. The highest BCUT2D eigenvalue weighted by Crippen LogP contribution is 2.22. The van der Waals surface area contributed by atoms with Crippen molar-refractivity contribution in [1.29, 1.82) is 0 Å². The number of rotatable bonds is 5. The summed E-state index contributed by atoms with van der Waals surface area (Å²) in [4.78, 5) is 13.1. The number of carboxylic acid groups (broad SMARTS) is 1. The molecule has 0 amide bonds. The Morgan fingerprint density at radius 1 is 1.37 bits per heavy atom. The molecule has 0 unspecified atom stereocenters. The Morgan fingerprint density at radius 3 is 2.79 bits per heavy atom. The summed E-state index contributed by atoms with van der Waals surface area (Å²) < 4.78 is 5.67. The van der Waals surface area contributed by atoms with Crippen LogP contribution in [0.3, 0.4) is 0 Å². The van der Waals surface area contributed by atoms with Gasteiger partial charge in [0, 0.05) is 6.04 Å². The van der Waals surface area contributed by atoms with Gasteiger partial charge >= 0.3 is 5.97 Å². The molecule has 2 rings (SSSR count). The largest absolute Gasteiger partial charge is 0.478 e. The quantitative estimate of drug-likeness (QED) is 0.830. The first-order valence-corrected chi connectivity index (χ1v) is 6.83. The summed E-state index contributed by atoms with van der Waals surface area (Å²) in [6.45, 7) is 0.508. The molecule has 1 aromatic rings. The van der Waals surface area contributed by atoms with Gasteiger partial charge in [0.25, 0.3) is 0 Å². The van der Waals surface area contributed by atoms with Gasteiger partial charge in [-0.3, -0.25) is 4.90 Å². The predicted molar refractivity (Wildman–Crippen MR) is 73.5 cm³/mol. The van der Waals surface area contributed by atoms with Crippen molar-refractivity contribution in [1.82, 2.24) is 4.90 Å². The summed E-state index contributed by atoms with van der Waals surface area (Å²) in [5.74, 6) is -0.311. The average Bonchev–Trinajstić information content (AvgIpc) is 2.46. The zero-order chi connectivity index (χ0) is 13.7.